The molecule has 0 saturated carbocycles. The average Bonchev–Trinajstić information content (AvgIpc) is 3.00. The number of rotatable bonds is 8. The maximum atomic E-state index is 12.2. The summed E-state index contributed by atoms with van der Waals surface area (Å²) < 4.78 is 28.7. The number of nitrogens with zero attached hydrogens (tertiary/aromatic N) is 2. The minimum atomic E-state index is -3.43. The number of sulfone groups is 1. The Morgan fingerprint density at radius 2 is 2.04 bits per heavy atom. The Kier molecular flexibility index (Phi) is 6.61. The first-order valence-electron chi connectivity index (χ1n) is 7.02. The van der Waals surface area contributed by atoms with E-state index in [2.05, 4.69) is 9.37 Å². The Hall–Kier alpha value is -1.38. The summed E-state index contributed by atoms with van der Waals surface area (Å²) in [6, 6.07) is 8.73. The van der Waals surface area contributed by atoms with Crippen LogP contribution in [0.5, 0.6) is 0 Å². The summed E-state index contributed by atoms with van der Waals surface area (Å²) in [5, 5.41) is 1.95. The van der Waals surface area contributed by atoms with Gasteiger partial charge in [-0.1, -0.05) is 17.7 Å². The van der Waals surface area contributed by atoms with E-state index in [1.54, 1.807) is 36.0 Å². The second-order valence-electron chi connectivity index (χ2n) is 4.99. The molecule has 2 aromatic rings. The second-order valence-corrected chi connectivity index (χ2v) is 8.75. The summed E-state index contributed by atoms with van der Waals surface area (Å²) in [6.07, 6.45) is 0. The molecule has 0 radical (unpaired) electrons. The van der Waals surface area contributed by atoms with Crippen molar-refractivity contribution in [1.82, 2.24) is 4.37 Å². The van der Waals surface area contributed by atoms with Gasteiger partial charge in [0, 0.05) is 16.9 Å². The van der Waals surface area contributed by atoms with Crippen molar-refractivity contribution in [2.45, 2.75) is 17.6 Å². The van der Waals surface area contributed by atoms with Crippen molar-refractivity contribution < 1.29 is 8.42 Å². The molecule has 0 bridgehead atoms. The predicted octanol–water partition coefficient (Wildman–Crippen LogP) is 2.52. The lowest BCUT2D eigenvalue weighted by Crippen LogP contribution is -2.24. The zero-order chi connectivity index (χ0) is 16.7. The number of aliphatic imine (C=N–C) groups is 1. The molecule has 0 aliphatic carbocycles. The van der Waals surface area contributed by atoms with Crippen LogP contribution in [0.25, 0.3) is 0 Å². The minimum absolute atomic E-state index is 0.153. The molecule has 2 rings (SSSR count). The molecular formula is C15H19N3O2S3. The molecule has 5 nitrogen and oxygen atoms in total. The molecule has 1 aromatic heterocycles. The SMILES string of the molecule is Cc1ccc(S(=O)(=O)CC(N)=NCCSCc2ccsn2)cc1. The monoisotopic (exact) mass is 369 g/mol. The average molecular weight is 370 g/mol. The Balaban J connectivity index is 1.80. The van der Waals surface area contributed by atoms with Crippen LogP contribution in [-0.2, 0) is 15.6 Å². The molecule has 1 heterocycles. The summed E-state index contributed by atoms with van der Waals surface area (Å²) in [6.45, 7) is 2.42. The van der Waals surface area contributed by atoms with Crippen molar-refractivity contribution in [3.63, 3.8) is 0 Å². The van der Waals surface area contributed by atoms with Gasteiger partial charge in [0.2, 0.25) is 0 Å². The fourth-order valence-corrected chi connectivity index (χ4v) is 4.37. The zero-order valence-electron chi connectivity index (χ0n) is 12.8. The van der Waals surface area contributed by atoms with Crippen molar-refractivity contribution in [1.29, 1.82) is 0 Å². The fourth-order valence-electron chi connectivity index (χ4n) is 1.81. The van der Waals surface area contributed by atoms with Crippen molar-refractivity contribution >= 4 is 39.0 Å². The lowest BCUT2D eigenvalue weighted by atomic mass is 10.2. The van der Waals surface area contributed by atoms with Gasteiger partial charge in [-0.05, 0) is 36.7 Å². The molecule has 1 aromatic carbocycles. The quantitative estimate of drug-likeness (QED) is 0.439. The van der Waals surface area contributed by atoms with Gasteiger partial charge in [-0.25, -0.2) is 8.42 Å². The van der Waals surface area contributed by atoms with Crippen LogP contribution in [0.1, 0.15) is 11.3 Å². The number of amidine groups is 1. The maximum absolute atomic E-state index is 12.2. The summed E-state index contributed by atoms with van der Waals surface area (Å²) in [5.41, 5.74) is 7.83. The largest absolute Gasteiger partial charge is 0.387 e. The standard InChI is InChI=1S/C15H19N3O2S3/c1-12-2-4-14(5-3-12)23(19,20)11-15(16)17-7-9-21-10-13-6-8-22-18-13/h2-6,8H,7,9-11H2,1H3,(H2,16,17). The third-order valence-electron chi connectivity index (χ3n) is 3.01. The highest BCUT2D eigenvalue weighted by molar-refractivity contribution is 7.98. The van der Waals surface area contributed by atoms with Gasteiger partial charge < -0.3 is 5.73 Å². The molecule has 0 aliphatic heterocycles. The van der Waals surface area contributed by atoms with Gasteiger partial charge in [-0.3, -0.25) is 4.99 Å². The van der Waals surface area contributed by atoms with Gasteiger partial charge in [-0.2, -0.15) is 16.1 Å². The number of aryl methyl sites for hydroxylation is 1. The first-order valence-corrected chi connectivity index (χ1v) is 10.7. The minimum Gasteiger partial charge on any atom is -0.387 e. The van der Waals surface area contributed by atoms with Crippen LogP contribution in [0.3, 0.4) is 0 Å². The lowest BCUT2D eigenvalue weighted by Gasteiger charge is -2.05. The molecule has 8 heteroatoms. The van der Waals surface area contributed by atoms with Crippen molar-refractivity contribution in [3.05, 3.63) is 47.0 Å². The first-order chi connectivity index (χ1) is 11.0. The molecule has 0 spiro atoms. The number of hydrogen-bond acceptors (Lipinski definition) is 6. The van der Waals surface area contributed by atoms with Gasteiger partial charge >= 0.3 is 0 Å². The summed E-state index contributed by atoms with van der Waals surface area (Å²) in [5.74, 6) is 1.52. The van der Waals surface area contributed by atoms with Crippen LogP contribution in [0.4, 0.5) is 0 Å². The number of nitrogens with two attached hydrogens (primary N) is 1. The molecule has 0 saturated heterocycles. The van der Waals surface area contributed by atoms with Crippen LogP contribution in [0.15, 0.2) is 45.6 Å². The third kappa shape index (κ3) is 5.96. The number of thioether (sulfide) groups is 1. The van der Waals surface area contributed by atoms with Gasteiger partial charge in [0.15, 0.2) is 9.84 Å². The Morgan fingerprint density at radius 1 is 1.30 bits per heavy atom. The van der Waals surface area contributed by atoms with Crippen molar-refractivity contribution in [3.8, 4) is 0 Å². The van der Waals surface area contributed by atoms with E-state index in [1.165, 1.54) is 11.5 Å². The topological polar surface area (TPSA) is 85.4 Å². The smallest absolute Gasteiger partial charge is 0.185 e. The predicted molar refractivity (Wildman–Crippen MR) is 98.0 cm³/mol. The molecular weight excluding hydrogens is 350 g/mol. The van der Waals surface area contributed by atoms with Gasteiger partial charge in [0.1, 0.15) is 11.6 Å². The molecule has 124 valence electrons. The summed E-state index contributed by atoms with van der Waals surface area (Å²) >= 11 is 3.14. The fraction of sp³-hybridized carbons (Fsp3) is 0.333. The molecule has 0 amide bonds. The Morgan fingerprint density at radius 3 is 2.70 bits per heavy atom. The molecule has 0 aliphatic rings. The van der Waals surface area contributed by atoms with E-state index in [-0.39, 0.29) is 16.5 Å². The normalized spacial score (nSPS) is 12.5. The highest BCUT2D eigenvalue weighted by Gasteiger charge is 2.15. The molecule has 0 atom stereocenters. The van der Waals surface area contributed by atoms with Gasteiger partial charge in [-0.15, -0.1) is 0 Å². The van der Waals surface area contributed by atoms with E-state index in [9.17, 15) is 8.42 Å². The van der Waals surface area contributed by atoms with Crippen molar-refractivity contribution in [2.75, 3.05) is 18.1 Å². The number of hydrogen-bond donors (Lipinski definition) is 1. The van der Waals surface area contributed by atoms with Crippen molar-refractivity contribution in [2.24, 2.45) is 10.7 Å². The van der Waals surface area contributed by atoms with Crippen LogP contribution in [0, 0.1) is 6.92 Å². The van der Waals surface area contributed by atoms with Gasteiger partial charge in [0.05, 0.1) is 17.1 Å². The number of benzene rings is 1. The Labute approximate surface area is 145 Å². The van der Waals surface area contributed by atoms with Crippen LogP contribution < -0.4 is 5.73 Å². The summed E-state index contributed by atoms with van der Waals surface area (Å²) in [7, 11) is -3.43. The molecule has 0 fully saturated rings. The van der Waals surface area contributed by atoms with E-state index in [1.807, 2.05) is 18.4 Å². The molecule has 2 N–H and O–H groups in total. The van der Waals surface area contributed by atoms with Crippen LogP contribution >= 0.6 is 23.3 Å². The highest BCUT2D eigenvalue weighted by Crippen LogP contribution is 2.13. The second kappa shape index (κ2) is 8.47. The maximum Gasteiger partial charge on any atom is 0.185 e. The van der Waals surface area contributed by atoms with E-state index >= 15 is 0 Å². The van der Waals surface area contributed by atoms with E-state index < -0.39 is 9.84 Å². The van der Waals surface area contributed by atoms with Gasteiger partial charge in [0.25, 0.3) is 0 Å². The molecule has 0 unspecified atom stereocenters. The lowest BCUT2D eigenvalue weighted by molar-refractivity contribution is 0.599. The molecule has 23 heavy (non-hydrogen) atoms. The van der Waals surface area contributed by atoms with Crippen LogP contribution in [-0.4, -0.2) is 36.7 Å². The zero-order valence-corrected chi connectivity index (χ0v) is 15.3. The Bertz CT molecular complexity index is 739. The van der Waals surface area contributed by atoms with Crippen LogP contribution in [0.2, 0.25) is 0 Å². The third-order valence-corrected chi connectivity index (χ3v) is 6.24. The van der Waals surface area contributed by atoms with E-state index in [4.69, 9.17) is 5.73 Å². The van der Waals surface area contributed by atoms with E-state index in [0.29, 0.717) is 6.54 Å². The first kappa shape index (κ1) is 18.0. The highest BCUT2D eigenvalue weighted by atomic mass is 32.2. The number of aromatic nitrogens is 1. The van der Waals surface area contributed by atoms with E-state index in [0.717, 1.165) is 22.8 Å². The summed E-state index contributed by atoms with van der Waals surface area (Å²) in [4.78, 5) is 4.42.